The van der Waals surface area contributed by atoms with E-state index in [1.54, 1.807) is 0 Å². The summed E-state index contributed by atoms with van der Waals surface area (Å²) in [5.74, 6) is 0.186. The summed E-state index contributed by atoms with van der Waals surface area (Å²) in [6.07, 6.45) is 7.96. The number of rotatable bonds is 3. The van der Waals surface area contributed by atoms with Gasteiger partial charge in [0.1, 0.15) is 6.04 Å². The molecule has 2 heterocycles. The quantitative estimate of drug-likeness (QED) is 0.806. The van der Waals surface area contributed by atoms with Crippen molar-refractivity contribution >= 4 is 11.8 Å². The van der Waals surface area contributed by atoms with Gasteiger partial charge >= 0.3 is 0 Å². The molecule has 1 saturated heterocycles. The van der Waals surface area contributed by atoms with Crippen LogP contribution in [0.3, 0.4) is 0 Å². The predicted octanol–water partition coefficient (Wildman–Crippen LogP) is 3.00. The van der Waals surface area contributed by atoms with Crippen LogP contribution >= 0.6 is 0 Å². The minimum absolute atomic E-state index is 0.0775. The number of carbonyl (C=O) groups excluding carboxylic acids is 2. The number of piperazine rings is 1. The molecule has 1 aromatic carbocycles. The lowest BCUT2D eigenvalue weighted by molar-refractivity contribution is -0.148. The minimum Gasteiger partial charge on any atom is -0.338 e. The van der Waals surface area contributed by atoms with E-state index >= 15 is 0 Å². The number of hydrogen-bond acceptors (Lipinski definition) is 3. The zero-order chi connectivity index (χ0) is 19.5. The molecule has 1 atom stereocenters. The monoisotopic (exact) mass is 383 g/mol. The van der Waals surface area contributed by atoms with Crippen LogP contribution in [0.1, 0.15) is 62.6 Å². The summed E-state index contributed by atoms with van der Waals surface area (Å²) in [5, 5.41) is 0. The topological polar surface area (TPSA) is 43.9 Å². The Labute approximate surface area is 168 Å². The van der Waals surface area contributed by atoms with Gasteiger partial charge in [-0.25, -0.2) is 0 Å². The Balaban J connectivity index is 1.48. The van der Waals surface area contributed by atoms with Crippen LogP contribution < -0.4 is 0 Å². The van der Waals surface area contributed by atoms with Gasteiger partial charge in [0.15, 0.2) is 0 Å². The molecule has 4 rings (SSSR count). The van der Waals surface area contributed by atoms with E-state index in [-0.39, 0.29) is 11.8 Å². The van der Waals surface area contributed by atoms with Crippen LogP contribution in [-0.4, -0.2) is 65.3 Å². The first kappa shape index (κ1) is 19.4. The molecular formula is C23H33N3O2. The maximum Gasteiger partial charge on any atom is 0.250 e. The van der Waals surface area contributed by atoms with Crippen molar-refractivity contribution < 1.29 is 9.59 Å². The highest BCUT2D eigenvalue weighted by molar-refractivity contribution is 5.89. The van der Waals surface area contributed by atoms with Crippen molar-refractivity contribution in [2.45, 2.75) is 64.0 Å². The lowest BCUT2D eigenvalue weighted by Gasteiger charge is -2.44. The standard InChI is InChI=1S/C23H33N3O2/c1-2-21(27)26-13-12-18-8-6-7-11-20(18)22(26)23(28)25-16-14-24(15-17-25)19-9-4-3-5-10-19/h6-8,11,19,22H,2-5,9-10,12-17H2,1H3/t22-/m1/s1. The largest absolute Gasteiger partial charge is 0.338 e. The Morgan fingerprint density at radius 3 is 2.39 bits per heavy atom. The third-order valence-electron chi connectivity index (χ3n) is 6.86. The molecule has 0 unspecified atom stereocenters. The molecule has 3 aliphatic rings. The first-order chi connectivity index (χ1) is 13.7. The van der Waals surface area contributed by atoms with Gasteiger partial charge in [0.25, 0.3) is 0 Å². The molecule has 5 heteroatoms. The predicted molar refractivity (Wildman–Crippen MR) is 110 cm³/mol. The van der Waals surface area contributed by atoms with Crippen molar-refractivity contribution in [1.29, 1.82) is 0 Å². The van der Waals surface area contributed by atoms with Gasteiger partial charge in [0.2, 0.25) is 11.8 Å². The number of amides is 2. The first-order valence-electron chi connectivity index (χ1n) is 11.1. The van der Waals surface area contributed by atoms with Crippen molar-refractivity contribution in [2.75, 3.05) is 32.7 Å². The summed E-state index contributed by atoms with van der Waals surface area (Å²) in [4.78, 5) is 32.5. The summed E-state index contributed by atoms with van der Waals surface area (Å²) in [7, 11) is 0. The highest BCUT2D eigenvalue weighted by atomic mass is 16.2. The summed E-state index contributed by atoms with van der Waals surface area (Å²) in [6, 6.07) is 8.41. The summed E-state index contributed by atoms with van der Waals surface area (Å²) in [6.45, 7) is 6.01. The van der Waals surface area contributed by atoms with E-state index in [4.69, 9.17) is 0 Å². The minimum atomic E-state index is -0.446. The molecule has 5 nitrogen and oxygen atoms in total. The average molecular weight is 384 g/mol. The second-order valence-electron chi connectivity index (χ2n) is 8.45. The lowest BCUT2D eigenvalue weighted by Crippen LogP contribution is -2.55. The highest BCUT2D eigenvalue weighted by Gasteiger charge is 2.38. The fourth-order valence-electron chi connectivity index (χ4n) is 5.23. The summed E-state index contributed by atoms with van der Waals surface area (Å²) < 4.78 is 0. The maximum atomic E-state index is 13.5. The van der Waals surface area contributed by atoms with Gasteiger partial charge < -0.3 is 9.80 Å². The van der Waals surface area contributed by atoms with E-state index in [0.717, 1.165) is 38.2 Å². The molecule has 2 amide bonds. The molecule has 2 aliphatic heterocycles. The molecule has 152 valence electrons. The summed E-state index contributed by atoms with van der Waals surface area (Å²) in [5.41, 5.74) is 2.23. The zero-order valence-corrected chi connectivity index (χ0v) is 17.1. The van der Waals surface area contributed by atoms with Gasteiger partial charge in [-0.05, 0) is 30.4 Å². The van der Waals surface area contributed by atoms with Gasteiger partial charge in [-0.1, -0.05) is 50.5 Å². The van der Waals surface area contributed by atoms with Crippen molar-refractivity contribution in [2.24, 2.45) is 0 Å². The van der Waals surface area contributed by atoms with Crippen LogP contribution in [0, 0.1) is 0 Å². The fraction of sp³-hybridized carbons (Fsp3) is 0.652. The van der Waals surface area contributed by atoms with Gasteiger partial charge in [0.05, 0.1) is 0 Å². The third kappa shape index (κ3) is 3.82. The number of nitrogens with zero attached hydrogens (tertiary/aromatic N) is 3. The molecule has 1 aromatic rings. The van der Waals surface area contributed by atoms with Crippen molar-refractivity contribution in [3.63, 3.8) is 0 Å². The number of hydrogen-bond donors (Lipinski definition) is 0. The first-order valence-corrected chi connectivity index (χ1v) is 11.1. The van der Waals surface area contributed by atoms with Crippen LogP contribution in [0.2, 0.25) is 0 Å². The van der Waals surface area contributed by atoms with Crippen molar-refractivity contribution in [1.82, 2.24) is 14.7 Å². The Bertz CT molecular complexity index is 706. The molecule has 0 spiro atoms. The van der Waals surface area contributed by atoms with Gasteiger partial charge in [-0.3, -0.25) is 14.5 Å². The maximum absolute atomic E-state index is 13.5. The molecular weight excluding hydrogens is 350 g/mol. The fourth-order valence-corrected chi connectivity index (χ4v) is 5.23. The molecule has 1 aliphatic carbocycles. The zero-order valence-electron chi connectivity index (χ0n) is 17.1. The number of benzene rings is 1. The van der Waals surface area contributed by atoms with Crippen LogP contribution in [-0.2, 0) is 16.0 Å². The van der Waals surface area contributed by atoms with Gasteiger partial charge in [-0.15, -0.1) is 0 Å². The third-order valence-corrected chi connectivity index (χ3v) is 6.86. The Hall–Kier alpha value is -1.88. The smallest absolute Gasteiger partial charge is 0.250 e. The van der Waals surface area contributed by atoms with E-state index in [0.29, 0.717) is 19.0 Å². The van der Waals surface area contributed by atoms with Crippen LogP contribution in [0.4, 0.5) is 0 Å². The Morgan fingerprint density at radius 2 is 1.68 bits per heavy atom. The van der Waals surface area contributed by atoms with E-state index in [1.165, 1.54) is 37.7 Å². The summed E-state index contributed by atoms with van der Waals surface area (Å²) >= 11 is 0. The Kier molecular flexibility index (Phi) is 6.00. The van der Waals surface area contributed by atoms with Crippen molar-refractivity contribution in [3.05, 3.63) is 35.4 Å². The van der Waals surface area contributed by atoms with Crippen LogP contribution in [0.5, 0.6) is 0 Å². The second-order valence-corrected chi connectivity index (χ2v) is 8.45. The van der Waals surface area contributed by atoms with Crippen molar-refractivity contribution in [3.8, 4) is 0 Å². The number of fused-ring (bicyclic) bond motifs is 1. The SMILES string of the molecule is CCC(=O)N1CCc2ccccc2[C@@H]1C(=O)N1CCN(C2CCCCC2)CC1. The molecule has 0 bridgehead atoms. The number of carbonyl (C=O) groups is 2. The van der Waals surface area contributed by atoms with E-state index < -0.39 is 6.04 Å². The van der Waals surface area contributed by atoms with Crippen LogP contribution in [0.15, 0.2) is 24.3 Å². The van der Waals surface area contributed by atoms with E-state index in [1.807, 2.05) is 34.9 Å². The molecule has 0 N–H and O–H groups in total. The molecule has 2 fully saturated rings. The lowest BCUT2D eigenvalue weighted by atomic mass is 9.91. The molecule has 0 aromatic heterocycles. The van der Waals surface area contributed by atoms with E-state index in [9.17, 15) is 9.59 Å². The molecule has 28 heavy (non-hydrogen) atoms. The van der Waals surface area contributed by atoms with Gasteiger partial charge in [-0.2, -0.15) is 0 Å². The normalized spacial score (nSPS) is 24.1. The second kappa shape index (κ2) is 8.64. The molecule has 0 radical (unpaired) electrons. The average Bonchev–Trinajstić information content (AvgIpc) is 2.78. The molecule has 1 saturated carbocycles. The van der Waals surface area contributed by atoms with E-state index in [2.05, 4.69) is 11.0 Å². The Morgan fingerprint density at radius 1 is 0.964 bits per heavy atom. The highest BCUT2D eigenvalue weighted by Crippen LogP contribution is 2.32. The van der Waals surface area contributed by atoms with Crippen LogP contribution in [0.25, 0.3) is 0 Å². The van der Waals surface area contributed by atoms with Gasteiger partial charge in [0, 0.05) is 45.2 Å².